The van der Waals surface area contributed by atoms with Gasteiger partial charge >= 0.3 is 5.97 Å². The van der Waals surface area contributed by atoms with Crippen molar-refractivity contribution in [1.82, 2.24) is 9.97 Å². The Kier molecular flexibility index (Phi) is 4.52. The zero-order valence-corrected chi connectivity index (χ0v) is 13.0. The predicted molar refractivity (Wildman–Crippen MR) is 80.5 cm³/mol. The quantitative estimate of drug-likeness (QED) is 0.870. The lowest BCUT2D eigenvalue weighted by Gasteiger charge is -2.12. The van der Waals surface area contributed by atoms with Crippen LogP contribution in [0.5, 0.6) is 0 Å². The fourth-order valence-corrected chi connectivity index (χ4v) is 2.11. The Balaban J connectivity index is 2.41. The monoisotopic (exact) mass is 353 g/mol. The van der Waals surface area contributed by atoms with E-state index < -0.39 is 11.8 Å². The van der Waals surface area contributed by atoms with Crippen molar-refractivity contribution < 1.29 is 14.3 Å². The molecule has 1 aromatic carbocycles. The standard InChI is InChI=1S/C14H13BrFN3O2/c1-7(2)13-17-6-11(12(19-13)14(20)21)18-10-4-3-8(16)5-9(10)15/h3-7,18H,1-2H3,(H,20,21). The van der Waals surface area contributed by atoms with E-state index in [1.54, 1.807) is 0 Å². The van der Waals surface area contributed by atoms with E-state index in [1.807, 2.05) is 13.8 Å². The topological polar surface area (TPSA) is 75.1 Å². The van der Waals surface area contributed by atoms with Crippen molar-refractivity contribution in [1.29, 1.82) is 0 Å². The van der Waals surface area contributed by atoms with Crippen molar-refractivity contribution in [3.63, 3.8) is 0 Å². The van der Waals surface area contributed by atoms with Gasteiger partial charge in [0.25, 0.3) is 0 Å². The van der Waals surface area contributed by atoms with Crippen molar-refractivity contribution in [3.05, 3.63) is 46.2 Å². The SMILES string of the molecule is CC(C)c1ncc(Nc2ccc(F)cc2Br)c(C(=O)O)n1. The van der Waals surface area contributed by atoms with Gasteiger partial charge in [0.15, 0.2) is 5.69 Å². The molecule has 0 amide bonds. The van der Waals surface area contributed by atoms with E-state index in [-0.39, 0.29) is 17.3 Å². The van der Waals surface area contributed by atoms with Crippen LogP contribution in [0.3, 0.4) is 0 Å². The Morgan fingerprint density at radius 3 is 2.67 bits per heavy atom. The van der Waals surface area contributed by atoms with Crippen molar-refractivity contribution in [2.24, 2.45) is 0 Å². The van der Waals surface area contributed by atoms with Gasteiger partial charge in [0.2, 0.25) is 0 Å². The molecule has 1 aromatic heterocycles. The molecular weight excluding hydrogens is 341 g/mol. The van der Waals surface area contributed by atoms with Crippen LogP contribution in [-0.4, -0.2) is 21.0 Å². The van der Waals surface area contributed by atoms with E-state index in [0.717, 1.165) is 0 Å². The van der Waals surface area contributed by atoms with Gasteiger partial charge in [-0.3, -0.25) is 0 Å². The molecule has 2 aromatic rings. The minimum absolute atomic E-state index is 0.0229. The van der Waals surface area contributed by atoms with E-state index in [0.29, 0.717) is 16.0 Å². The Hall–Kier alpha value is -2.02. The molecule has 1 heterocycles. The first-order valence-corrected chi connectivity index (χ1v) is 7.00. The largest absolute Gasteiger partial charge is 0.476 e. The van der Waals surface area contributed by atoms with Gasteiger partial charge in [0.05, 0.1) is 17.6 Å². The van der Waals surface area contributed by atoms with Crippen LogP contribution in [0.25, 0.3) is 0 Å². The fourth-order valence-electron chi connectivity index (χ4n) is 1.66. The number of hydrogen-bond donors (Lipinski definition) is 2. The maximum absolute atomic E-state index is 13.1. The second-order valence-corrected chi connectivity index (χ2v) is 5.55. The number of nitrogens with zero attached hydrogens (tertiary/aromatic N) is 2. The van der Waals surface area contributed by atoms with Crippen molar-refractivity contribution in [3.8, 4) is 0 Å². The number of benzene rings is 1. The van der Waals surface area contributed by atoms with Gasteiger partial charge in [-0.2, -0.15) is 0 Å². The molecule has 0 saturated heterocycles. The molecule has 7 heteroatoms. The number of nitrogens with one attached hydrogen (secondary N) is 1. The first kappa shape index (κ1) is 15.4. The van der Waals surface area contributed by atoms with Gasteiger partial charge in [-0.1, -0.05) is 13.8 Å². The zero-order valence-electron chi connectivity index (χ0n) is 11.4. The Bertz CT molecular complexity index is 692. The van der Waals surface area contributed by atoms with Crippen LogP contribution in [0.15, 0.2) is 28.9 Å². The summed E-state index contributed by atoms with van der Waals surface area (Å²) in [7, 11) is 0. The number of carboxylic acids is 1. The van der Waals surface area contributed by atoms with E-state index in [1.165, 1.54) is 24.4 Å². The molecule has 110 valence electrons. The molecule has 21 heavy (non-hydrogen) atoms. The van der Waals surface area contributed by atoms with Crippen molar-refractivity contribution in [2.75, 3.05) is 5.32 Å². The summed E-state index contributed by atoms with van der Waals surface area (Å²) in [6.45, 7) is 3.76. The predicted octanol–water partition coefficient (Wildman–Crippen LogP) is 3.94. The number of aromatic nitrogens is 2. The van der Waals surface area contributed by atoms with Crippen LogP contribution < -0.4 is 5.32 Å². The number of halogens is 2. The molecule has 0 saturated carbocycles. The van der Waals surface area contributed by atoms with Gasteiger partial charge in [-0.15, -0.1) is 0 Å². The second kappa shape index (κ2) is 6.17. The highest BCUT2D eigenvalue weighted by Crippen LogP contribution is 2.28. The van der Waals surface area contributed by atoms with Gasteiger partial charge in [0, 0.05) is 10.4 Å². The molecule has 5 nitrogen and oxygen atoms in total. The van der Waals surface area contributed by atoms with Gasteiger partial charge in [-0.05, 0) is 34.1 Å². The molecule has 2 N–H and O–H groups in total. The molecule has 2 rings (SSSR count). The number of rotatable bonds is 4. The average molecular weight is 354 g/mol. The van der Waals surface area contributed by atoms with Crippen molar-refractivity contribution in [2.45, 2.75) is 19.8 Å². The first-order valence-electron chi connectivity index (χ1n) is 6.20. The van der Waals surface area contributed by atoms with E-state index >= 15 is 0 Å². The third-order valence-electron chi connectivity index (χ3n) is 2.73. The molecule has 0 aliphatic rings. The summed E-state index contributed by atoms with van der Waals surface area (Å²) in [6, 6.07) is 4.06. The normalized spacial score (nSPS) is 10.7. The van der Waals surface area contributed by atoms with Crippen LogP contribution in [0.1, 0.15) is 36.1 Å². The summed E-state index contributed by atoms with van der Waals surface area (Å²) < 4.78 is 13.5. The lowest BCUT2D eigenvalue weighted by atomic mass is 10.2. The molecule has 0 spiro atoms. The molecule has 0 aliphatic carbocycles. The summed E-state index contributed by atoms with van der Waals surface area (Å²) in [5.41, 5.74) is 0.656. The number of anilines is 2. The number of aromatic carboxylic acids is 1. The Labute approximate surface area is 129 Å². The third kappa shape index (κ3) is 3.55. The summed E-state index contributed by atoms with van der Waals surface area (Å²) in [5.74, 6) is -1.07. The highest BCUT2D eigenvalue weighted by molar-refractivity contribution is 9.10. The summed E-state index contributed by atoms with van der Waals surface area (Å²) in [4.78, 5) is 19.5. The van der Waals surface area contributed by atoms with Crippen LogP contribution in [-0.2, 0) is 0 Å². The lowest BCUT2D eigenvalue weighted by Crippen LogP contribution is -2.10. The maximum atomic E-state index is 13.1. The molecule has 0 fully saturated rings. The molecular formula is C14H13BrFN3O2. The molecule has 0 radical (unpaired) electrons. The van der Waals surface area contributed by atoms with Crippen LogP contribution in [0, 0.1) is 5.82 Å². The Morgan fingerprint density at radius 2 is 2.10 bits per heavy atom. The maximum Gasteiger partial charge on any atom is 0.356 e. The lowest BCUT2D eigenvalue weighted by molar-refractivity contribution is 0.0691. The molecule has 0 bridgehead atoms. The van der Waals surface area contributed by atoms with E-state index in [9.17, 15) is 14.3 Å². The highest BCUT2D eigenvalue weighted by atomic mass is 79.9. The molecule has 0 aliphatic heterocycles. The van der Waals surface area contributed by atoms with Crippen molar-refractivity contribution >= 4 is 33.3 Å². The van der Waals surface area contributed by atoms with Gasteiger partial charge in [-0.25, -0.2) is 19.2 Å². The summed E-state index contributed by atoms with van der Waals surface area (Å²) >= 11 is 3.21. The van der Waals surface area contributed by atoms with Crippen LogP contribution >= 0.6 is 15.9 Å². The number of carbonyl (C=O) groups is 1. The summed E-state index contributed by atoms with van der Waals surface area (Å²) in [5, 5.41) is 12.2. The van der Waals surface area contributed by atoms with Crippen LogP contribution in [0.2, 0.25) is 0 Å². The average Bonchev–Trinajstić information content (AvgIpc) is 2.41. The minimum Gasteiger partial charge on any atom is -0.476 e. The summed E-state index contributed by atoms with van der Waals surface area (Å²) in [6.07, 6.45) is 1.42. The zero-order chi connectivity index (χ0) is 15.6. The molecule has 0 unspecified atom stereocenters. The number of hydrogen-bond acceptors (Lipinski definition) is 4. The second-order valence-electron chi connectivity index (χ2n) is 4.70. The first-order chi connectivity index (χ1) is 9.88. The highest BCUT2D eigenvalue weighted by Gasteiger charge is 2.16. The van der Waals surface area contributed by atoms with E-state index in [2.05, 4.69) is 31.2 Å². The third-order valence-corrected chi connectivity index (χ3v) is 3.38. The van der Waals surface area contributed by atoms with E-state index in [4.69, 9.17) is 0 Å². The van der Waals surface area contributed by atoms with Gasteiger partial charge in [0.1, 0.15) is 11.6 Å². The number of carboxylic acid groups (broad SMARTS) is 1. The van der Waals surface area contributed by atoms with Crippen LogP contribution in [0.4, 0.5) is 15.8 Å². The van der Waals surface area contributed by atoms with Gasteiger partial charge < -0.3 is 10.4 Å². The minimum atomic E-state index is -1.15. The Morgan fingerprint density at radius 1 is 1.38 bits per heavy atom. The molecule has 0 atom stereocenters. The fraction of sp³-hybridized carbons (Fsp3) is 0.214. The smallest absolute Gasteiger partial charge is 0.356 e.